The molecule has 0 saturated carbocycles. The number of ether oxygens (including phenoxy) is 2. The van der Waals surface area contributed by atoms with Gasteiger partial charge >= 0.3 is 0 Å². The third-order valence-electron chi connectivity index (χ3n) is 4.73. The number of nitrogens with zero attached hydrogens (tertiary/aromatic N) is 2. The maximum atomic E-state index is 13.2. The molecule has 0 amide bonds. The Bertz CT molecular complexity index is 908. The van der Waals surface area contributed by atoms with E-state index in [-0.39, 0.29) is 10.7 Å². The van der Waals surface area contributed by atoms with Gasteiger partial charge in [0.2, 0.25) is 10.0 Å². The molecule has 0 atom stereocenters. The van der Waals surface area contributed by atoms with Crippen molar-refractivity contribution < 1.29 is 22.3 Å². The van der Waals surface area contributed by atoms with Crippen LogP contribution in [0.4, 0.5) is 10.1 Å². The minimum Gasteiger partial charge on any atom is -0.496 e. The second-order valence-corrected chi connectivity index (χ2v) is 8.25. The molecule has 1 heterocycles. The molecule has 27 heavy (non-hydrogen) atoms. The van der Waals surface area contributed by atoms with Crippen LogP contribution >= 0.6 is 0 Å². The molecule has 0 aliphatic carbocycles. The number of halogens is 1. The fourth-order valence-corrected chi connectivity index (χ4v) is 4.78. The van der Waals surface area contributed by atoms with E-state index in [1.165, 1.54) is 36.7 Å². The van der Waals surface area contributed by atoms with Crippen molar-refractivity contribution in [3.63, 3.8) is 0 Å². The van der Waals surface area contributed by atoms with Gasteiger partial charge in [-0.1, -0.05) is 0 Å². The smallest absolute Gasteiger partial charge is 0.247 e. The minimum absolute atomic E-state index is 0.0997. The van der Waals surface area contributed by atoms with Gasteiger partial charge in [0.25, 0.3) is 0 Å². The summed E-state index contributed by atoms with van der Waals surface area (Å²) in [4.78, 5) is 2.14. The number of piperazine rings is 1. The molecule has 3 rings (SSSR count). The maximum Gasteiger partial charge on any atom is 0.247 e. The van der Waals surface area contributed by atoms with E-state index < -0.39 is 10.0 Å². The van der Waals surface area contributed by atoms with Gasteiger partial charge in [0.05, 0.1) is 14.2 Å². The number of aryl methyl sites for hydroxylation is 1. The van der Waals surface area contributed by atoms with Crippen molar-refractivity contribution in [3.05, 3.63) is 47.8 Å². The molecule has 146 valence electrons. The highest BCUT2D eigenvalue weighted by atomic mass is 32.2. The number of anilines is 1. The van der Waals surface area contributed by atoms with E-state index >= 15 is 0 Å². The van der Waals surface area contributed by atoms with E-state index in [9.17, 15) is 12.8 Å². The zero-order valence-corrected chi connectivity index (χ0v) is 16.4. The van der Waals surface area contributed by atoms with Gasteiger partial charge in [0.1, 0.15) is 22.2 Å². The Labute approximate surface area is 159 Å². The number of benzene rings is 2. The first kappa shape index (κ1) is 19.4. The molecular formula is C19H23FN2O4S. The van der Waals surface area contributed by atoms with Crippen LogP contribution in [0.1, 0.15) is 5.56 Å². The lowest BCUT2D eigenvalue weighted by Gasteiger charge is -2.35. The van der Waals surface area contributed by atoms with Crippen molar-refractivity contribution in [1.29, 1.82) is 0 Å². The van der Waals surface area contributed by atoms with Crippen molar-refractivity contribution >= 4 is 15.7 Å². The molecular weight excluding hydrogens is 371 g/mol. The quantitative estimate of drug-likeness (QED) is 0.780. The Hall–Kier alpha value is -2.32. The van der Waals surface area contributed by atoms with Crippen LogP contribution in [0.2, 0.25) is 0 Å². The molecule has 0 aromatic heterocycles. The summed E-state index contributed by atoms with van der Waals surface area (Å²) < 4.78 is 51.4. The number of sulfonamides is 1. The van der Waals surface area contributed by atoms with Crippen LogP contribution < -0.4 is 14.4 Å². The predicted molar refractivity (Wildman–Crippen MR) is 102 cm³/mol. The van der Waals surface area contributed by atoms with Gasteiger partial charge in [-0.25, -0.2) is 12.8 Å². The van der Waals surface area contributed by atoms with Gasteiger partial charge in [-0.05, 0) is 42.8 Å². The topological polar surface area (TPSA) is 59.1 Å². The van der Waals surface area contributed by atoms with Gasteiger partial charge in [0.15, 0.2) is 0 Å². The monoisotopic (exact) mass is 394 g/mol. The van der Waals surface area contributed by atoms with Crippen LogP contribution in [0, 0.1) is 12.7 Å². The molecule has 0 spiro atoms. The average molecular weight is 394 g/mol. The summed E-state index contributed by atoms with van der Waals surface area (Å²) in [5, 5.41) is 0. The molecule has 1 fully saturated rings. The molecule has 0 unspecified atom stereocenters. The summed E-state index contributed by atoms with van der Waals surface area (Å²) in [6, 6.07) is 9.39. The standard InChI is InChI=1S/C19H23FN2O4S/c1-14-12-18(26-3)19(13-17(14)25-2)27(23,24)22-10-8-21(9-11-22)16-6-4-15(20)5-7-16/h4-7,12-13H,8-11H2,1-3H3. The highest BCUT2D eigenvalue weighted by Crippen LogP contribution is 2.34. The highest BCUT2D eigenvalue weighted by molar-refractivity contribution is 7.89. The third-order valence-corrected chi connectivity index (χ3v) is 6.65. The Kier molecular flexibility index (Phi) is 5.57. The summed E-state index contributed by atoms with van der Waals surface area (Å²) >= 11 is 0. The summed E-state index contributed by atoms with van der Waals surface area (Å²) in [6.45, 7) is 3.55. The zero-order valence-electron chi connectivity index (χ0n) is 15.6. The Morgan fingerprint density at radius 2 is 1.52 bits per heavy atom. The fraction of sp³-hybridized carbons (Fsp3) is 0.368. The summed E-state index contributed by atoms with van der Waals surface area (Å²) in [7, 11) is -0.767. The second-order valence-electron chi connectivity index (χ2n) is 6.34. The van der Waals surface area contributed by atoms with E-state index in [0.29, 0.717) is 37.7 Å². The van der Waals surface area contributed by atoms with Crippen molar-refractivity contribution in [3.8, 4) is 11.5 Å². The number of hydrogen-bond donors (Lipinski definition) is 0. The molecule has 8 heteroatoms. The van der Waals surface area contributed by atoms with Gasteiger partial charge < -0.3 is 14.4 Å². The molecule has 2 aromatic rings. The van der Waals surface area contributed by atoms with Crippen molar-refractivity contribution in [2.24, 2.45) is 0 Å². The molecule has 0 radical (unpaired) electrons. The lowest BCUT2D eigenvalue weighted by atomic mass is 10.2. The van der Waals surface area contributed by atoms with Crippen molar-refractivity contribution in [2.45, 2.75) is 11.8 Å². The summed E-state index contributed by atoms with van der Waals surface area (Å²) in [6.07, 6.45) is 0. The molecule has 0 N–H and O–H groups in total. The van der Waals surface area contributed by atoms with Gasteiger partial charge in [-0.15, -0.1) is 0 Å². The van der Waals surface area contributed by atoms with Crippen LogP contribution in [0.15, 0.2) is 41.3 Å². The zero-order chi connectivity index (χ0) is 19.6. The summed E-state index contributed by atoms with van der Waals surface area (Å²) in [5.41, 5.74) is 1.68. The average Bonchev–Trinajstić information content (AvgIpc) is 2.68. The SMILES string of the molecule is COc1cc(S(=O)(=O)N2CCN(c3ccc(F)cc3)CC2)c(OC)cc1C. The lowest BCUT2D eigenvalue weighted by molar-refractivity contribution is 0.370. The molecule has 6 nitrogen and oxygen atoms in total. The van der Waals surface area contributed by atoms with Crippen molar-refractivity contribution in [1.82, 2.24) is 4.31 Å². The Morgan fingerprint density at radius 1 is 0.926 bits per heavy atom. The van der Waals surface area contributed by atoms with Crippen LogP contribution in [-0.2, 0) is 10.0 Å². The fourth-order valence-electron chi connectivity index (χ4n) is 3.20. The molecule has 2 aromatic carbocycles. The number of methoxy groups -OCH3 is 2. The number of hydrogen-bond acceptors (Lipinski definition) is 5. The van der Waals surface area contributed by atoms with E-state index in [2.05, 4.69) is 0 Å². The number of rotatable bonds is 5. The molecule has 0 bridgehead atoms. The first-order chi connectivity index (χ1) is 12.9. The van der Waals surface area contributed by atoms with Crippen LogP contribution in [0.3, 0.4) is 0 Å². The highest BCUT2D eigenvalue weighted by Gasteiger charge is 2.31. The van der Waals surface area contributed by atoms with Crippen LogP contribution in [0.25, 0.3) is 0 Å². The first-order valence-corrected chi connectivity index (χ1v) is 10.0. The largest absolute Gasteiger partial charge is 0.496 e. The van der Waals surface area contributed by atoms with E-state index in [0.717, 1.165) is 11.3 Å². The van der Waals surface area contributed by atoms with Crippen LogP contribution in [-0.4, -0.2) is 53.1 Å². The van der Waals surface area contributed by atoms with Gasteiger partial charge in [-0.3, -0.25) is 0 Å². The van der Waals surface area contributed by atoms with Crippen molar-refractivity contribution in [2.75, 3.05) is 45.3 Å². The van der Waals surface area contributed by atoms with Crippen LogP contribution in [0.5, 0.6) is 11.5 Å². The minimum atomic E-state index is -3.72. The molecule has 1 saturated heterocycles. The summed E-state index contributed by atoms with van der Waals surface area (Å²) in [5.74, 6) is 0.508. The predicted octanol–water partition coefficient (Wildman–Crippen LogP) is 2.66. The third kappa shape index (κ3) is 3.86. The molecule has 1 aliphatic heterocycles. The van der Waals surface area contributed by atoms with E-state index in [1.54, 1.807) is 18.2 Å². The maximum absolute atomic E-state index is 13.2. The Balaban J connectivity index is 1.82. The molecule has 1 aliphatic rings. The van der Waals surface area contributed by atoms with Gasteiger partial charge in [-0.2, -0.15) is 4.31 Å². The van der Waals surface area contributed by atoms with Gasteiger partial charge in [0, 0.05) is 37.9 Å². The second kappa shape index (κ2) is 7.74. The van der Waals surface area contributed by atoms with E-state index in [4.69, 9.17) is 9.47 Å². The normalized spacial score (nSPS) is 15.6. The van der Waals surface area contributed by atoms with E-state index in [1.807, 2.05) is 11.8 Å². The lowest BCUT2D eigenvalue weighted by Crippen LogP contribution is -2.48. The first-order valence-electron chi connectivity index (χ1n) is 8.60. The Morgan fingerprint density at radius 3 is 2.07 bits per heavy atom.